The molecule has 6 N–H and O–H groups in total. The molecule has 1 amide bonds. The van der Waals surface area contributed by atoms with Gasteiger partial charge < -0.3 is 25.8 Å². The van der Waals surface area contributed by atoms with Crippen LogP contribution in [0.25, 0.3) is 0 Å². The van der Waals surface area contributed by atoms with Crippen LogP contribution in [0.4, 0.5) is 15.8 Å². The molecule has 3 aromatic carbocycles. The van der Waals surface area contributed by atoms with Crippen molar-refractivity contribution >= 4 is 28.1 Å². The van der Waals surface area contributed by atoms with E-state index in [2.05, 4.69) is 16.0 Å². The standard InChI is InChI=1S/C31H41FN4O5S/c1-3-34-26-17-24(18-27(19-26)36-12-4-5-13-42(36,39)40)31(38)35-29(16-22-8-6-10-25(32)14-22)30(37)21-33-20-23-9-7-11-28(15-23)41-2/h6-11,14-15,17-19,29-30,33-34,37,39-40H,3-5,12-13,16,20-21H2,1-2H3,(H,35,38)/t29-,30+/m0/s1. The highest BCUT2D eigenvalue weighted by molar-refractivity contribution is 8.25. The molecular weight excluding hydrogens is 559 g/mol. The van der Waals surface area contributed by atoms with Gasteiger partial charge in [0, 0.05) is 37.4 Å². The number of ether oxygens (including phenoxy) is 1. The van der Waals surface area contributed by atoms with Crippen LogP contribution < -0.4 is 25.0 Å². The van der Waals surface area contributed by atoms with Gasteiger partial charge in [-0.25, -0.2) is 4.39 Å². The smallest absolute Gasteiger partial charge is 0.251 e. The molecule has 11 heteroatoms. The summed E-state index contributed by atoms with van der Waals surface area (Å²) in [7, 11) is -1.39. The van der Waals surface area contributed by atoms with Gasteiger partial charge in [0.05, 0.1) is 30.7 Å². The van der Waals surface area contributed by atoms with Gasteiger partial charge in [-0.1, -0.05) is 24.3 Å². The molecule has 0 spiro atoms. The monoisotopic (exact) mass is 600 g/mol. The zero-order chi connectivity index (χ0) is 30.1. The lowest BCUT2D eigenvalue weighted by molar-refractivity contribution is 0.0830. The second-order valence-electron chi connectivity index (χ2n) is 10.4. The van der Waals surface area contributed by atoms with E-state index in [1.165, 1.54) is 12.1 Å². The van der Waals surface area contributed by atoms with Gasteiger partial charge in [-0.3, -0.25) is 18.2 Å². The first-order valence-electron chi connectivity index (χ1n) is 14.2. The maximum Gasteiger partial charge on any atom is 0.251 e. The van der Waals surface area contributed by atoms with Crippen LogP contribution in [-0.2, 0) is 13.0 Å². The van der Waals surface area contributed by atoms with Gasteiger partial charge in [0.15, 0.2) is 0 Å². The number of benzene rings is 3. The molecular formula is C31H41FN4O5S. The average molecular weight is 601 g/mol. The first-order valence-corrected chi connectivity index (χ1v) is 15.9. The summed E-state index contributed by atoms with van der Waals surface area (Å²) in [4.78, 5) is 13.6. The second-order valence-corrected chi connectivity index (χ2v) is 12.5. The summed E-state index contributed by atoms with van der Waals surface area (Å²) < 4.78 is 42.2. The molecule has 0 radical (unpaired) electrons. The maximum atomic E-state index is 14.0. The molecule has 4 rings (SSSR count). The number of nitrogens with one attached hydrogen (secondary N) is 3. The molecule has 1 saturated heterocycles. The first-order chi connectivity index (χ1) is 20.2. The van der Waals surface area contributed by atoms with Gasteiger partial charge in [-0.15, -0.1) is 10.8 Å². The van der Waals surface area contributed by atoms with Crippen molar-refractivity contribution in [1.82, 2.24) is 10.6 Å². The molecule has 2 atom stereocenters. The van der Waals surface area contributed by atoms with Gasteiger partial charge >= 0.3 is 0 Å². The van der Waals surface area contributed by atoms with Crippen molar-refractivity contribution in [2.24, 2.45) is 0 Å². The molecule has 9 nitrogen and oxygen atoms in total. The van der Waals surface area contributed by atoms with Crippen molar-refractivity contribution in [2.45, 2.75) is 44.9 Å². The number of nitrogens with zero attached hydrogens (tertiary/aromatic N) is 1. The molecule has 3 aromatic rings. The molecule has 0 aromatic heterocycles. The number of anilines is 2. The van der Waals surface area contributed by atoms with Crippen molar-refractivity contribution in [2.75, 3.05) is 42.1 Å². The summed E-state index contributed by atoms with van der Waals surface area (Å²) in [5, 5.41) is 20.6. The van der Waals surface area contributed by atoms with Gasteiger partial charge in [0.1, 0.15) is 11.6 Å². The number of methoxy groups -OCH3 is 1. The molecule has 1 aliphatic rings. The number of carbonyl (C=O) groups is 1. The largest absolute Gasteiger partial charge is 0.497 e. The molecule has 1 heterocycles. The number of aliphatic hydroxyl groups is 1. The Hall–Kier alpha value is -3.35. The third-order valence-electron chi connectivity index (χ3n) is 7.17. The summed E-state index contributed by atoms with van der Waals surface area (Å²) in [6.07, 6.45) is 0.754. The van der Waals surface area contributed by atoms with Crippen molar-refractivity contribution < 1.29 is 28.1 Å². The Balaban J connectivity index is 1.54. The number of amides is 1. The van der Waals surface area contributed by atoms with E-state index in [-0.39, 0.29) is 18.7 Å². The zero-order valence-electron chi connectivity index (χ0n) is 24.1. The van der Waals surface area contributed by atoms with Crippen molar-refractivity contribution in [1.29, 1.82) is 0 Å². The normalized spacial score (nSPS) is 16.8. The van der Waals surface area contributed by atoms with E-state index < -0.39 is 34.6 Å². The summed E-state index contributed by atoms with van der Waals surface area (Å²) in [6, 6.07) is 18.1. The minimum atomic E-state index is -2.99. The zero-order valence-corrected chi connectivity index (χ0v) is 24.9. The Kier molecular flexibility index (Phi) is 11.1. The minimum absolute atomic E-state index is 0.175. The highest BCUT2D eigenvalue weighted by Gasteiger charge is 2.28. The quantitative estimate of drug-likeness (QED) is 0.162. The van der Waals surface area contributed by atoms with E-state index in [1.54, 1.807) is 41.7 Å². The highest BCUT2D eigenvalue weighted by atomic mass is 32.3. The lowest BCUT2D eigenvalue weighted by Crippen LogP contribution is -2.48. The van der Waals surface area contributed by atoms with Crippen LogP contribution in [0, 0.1) is 5.82 Å². The van der Waals surface area contributed by atoms with E-state index in [4.69, 9.17) is 4.74 Å². The average Bonchev–Trinajstić information content (AvgIpc) is 2.96. The number of rotatable bonds is 13. The van der Waals surface area contributed by atoms with Gasteiger partial charge in [-0.05, 0) is 79.8 Å². The van der Waals surface area contributed by atoms with E-state index >= 15 is 0 Å². The van der Waals surface area contributed by atoms with E-state index in [1.807, 2.05) is 31.2 Å². The van der Waals surface area contributed by atoms with Crippen LogP contribution in [0.1, 0.15) is 41.3 Å². The predicted octanol–water partition coefficient (Wildman–Crippen LogP) is 5.02. The third-order valence-corrected chi connectivity index (χ3v) is 9.11. The van der Waals surface area contributed by atoms with Gasteiger partial charge in [0.2, 0.25) is 0 Å². The molecule has 0 saturated carbocycles. The number of carbonyl (C=O) groups excluding carboxylic acids is 1. The number of hydrogen-bond donors (Lipinski definition) is 6. The van der Waals surface area contributed by atoms with Crippen LogP contribution in [0.5, 0.6) is 5.75 Å². The Morgan fingerprint density at radius 1 is 1.07 bits per heavy atom. The van der Waals surface area contributed by atoms with Crippen LogP contribution in [0.15, 0.2) is 66.7 Å². The third kappa shape index (κ3) is 8.59. The fourth-order valence-corrected chi connectivity index (χ4v) is 6.72. The van der Waals surface area contributed by atoms with Crippen LogP contribution in [0.3, 0.4) is 0 Å². The molecule has 42 heavy (non-hydrogen) atoms. The summed E-state index contributed by atoms with van der Waals surface area (Å²) in [5.41, 5.74) is 3.13. The molecule has 228 valence electrons. The van der Waals surface area contributed by atoms with Crippen LogP contribution in [-0.4, -0.2) is 64.8 Å². The van der Waals surface area contributed by atoms with Crippen molar-refractivity contribution in [3.8, 4) is 5.75 Å². The molecule has 0 unspecified atom stereocenters. The topological polar surface area (TPSA) is 126 Å². The fourth-order valence-electron chi connectivity index (χ4n) is 5.04. The highest BCUT2D eigenvalue weighted by Crippen LogP contribution is 2.50. The Labute approximate surface area is 248 Å². The van der Waals surface area contributed by atoms with Gasteiger partial charge in [0.25, 0.3) is 5.91 Å². The fraction of sp³-hybridized carbons (Fsp3) is 0.387. The lowest BCUT2D eigenvalue weighted by atomic mass is 10.00. The minimum Gasteiger partial charge on any atom is -0.497 e. The first kappa shape index (κ1) is 31.6. The number of halogens is 1. The Morgan fingerprint density at radius 2 is 1.86 bits per heavy atom. The van der Waals surface area contributed by atoms with Crippen molar-refractivity contribution in [3.63, 3.8) is 0 Å². The summed E-state index contributed by atoms with van der Waals surface area (Å²) in [6.45, 7) is 3.67. The lowest BCUT2D eigenvalue weighted by Gasteiger charge is -2.47. The summed E-state index contributed by atoms with van der Waals surface area (Å²) >= 11 is 0. The number of aliphatic hydroxyl groups excluding tert-OH is 1. The van der Waals surface area contributed by atoms with Crippen molar-refractivity contribution in [3.05, 3.63) is 89.2 Å². The molecule has 0 aliphatic carbocycles. The Morgan fingerprint density at radius 3 is 2.60 bits per heavy atom. The van der Waals surface area contributed by atoms with Crippen LogP contribution >= 0.6 is 10.8 Å². The molecule has 0 bridgehead atoms. The van der Waals surface area contributed by atoms with E-state index in [9.17, 15) is 23.4 Å². The maximum absolute atomic E-state index is 14.0. The second kappa shape index (κ2) is 14.7. The SMILES string of the molecule is CCNc1cc(C(=O)N[C@@H](Cc2cccc(F)c2)[C@H](O)CNCc2cccc(OC)c2)cc(N2CCCCS2(O)O)c1. The van der Waals surface area contributed by atoms with Gasteiger partial charge in [-0.2, -0.15) is 0 Å². The molecule has 1 aliphatic heterocycles. The predicted molar refractivity (Wildman–Crippen MR) is 167 cm³/mol. The Bertz CT molecular complexity index is 1340. The number of hydrogen-bond acceptors (Lipinski definition) is 8. The van der Waals surface area contributed by atoms with Crippen LogP contribution in [0.2, 0.25) is 0 Å². The van der Waals surface area contributed by atoms with E-state index in [0.29, 0.717) is 42.1 Å². The van der Waals surface area contributed by atoms with E-state index in [0.717, 1.165) is 24.2 Å². The molecule has 1 fully saturated rings. The summed E-state index contributed by atoms with van der Waals surface area (Å²) in [5.74, 6) is 0.186.